The van der Waals surface area contributed by atoms with Crippen LogP contribution in [0.4, 0.5) is 10.5 Å². The number of aromatic nitrogens is 2. The molecule has 1 aromatic heterocycles. The van der Waals surface area contributed by atoms with Gasteiger partial charge in [-0.3, -0.25) is 0 Å². The summed E-state index contributed by atoms with van der Waals surface area (Å²) in [5, 5.41) is 6.55. The Bertz CT molecular complexity index is 861. The number of sulfone groups is 1. The van der Waals surface area contributed by atoms with E-state index in [-0.39, 0.29) is 23.6 Å². The second-order valence-electron chi connectivity index (χ2n) is 6.00. The first kappa shape index (κ1) is 17.4. The Morgan fingerprint density at radius 3 is 2.60 bits per heavy atom. The average molecular weight is 364 g/mol. The number of carbonyl (C=O) groups is 1. The van der Waals surface area contributed by atoms with Crippen molar-refractivity contribution >= 4 is 21.6 Å². The van der Waals surface area contributed by atoms with Crippen molar-refractivity contribution in [1.82, 2.24) is 15.0 Å². The van der Waals surface area contributed by atoms with Gasteiger partial charge in [-0.15, -0.1) is 0 Å². The number of nitrogens with one attached hydrogen (secondary N) is 1. The van der Waals surface area contributed by atoms with E-state index in [9.17, 15) is 13.2 Å². The minimum absolute atomic E-state index is 0.0315. The lowest BCUT2D eigenvalue weighted by molar-refractivity contribution is 0.197. The van der Waals surface area contributed by atoms with Gasteiger partial charge >= 0.3 is 6.03 Å². The molecule has 9 heteroatoms. The van der Waals surface area contributed by atoms with Crippen LogP contribution in [0.3, 0.4) is 0 Å². The van der Waals surface area contributed by atoms with E-state index in [0.717, 1.165) is 5.56 Å². The van der Waals surface area contributed by atoms with Crippen LogP contribution in [0.25, 0.3) is 11.5 Å². The van der Waals surface area contributed by atoms with Gasteiger partial charge in [0.2, 0.25) is 0 Å². The summed E-state index contributed by atoms with van der Waals surface area (Å²) in [6.45, 7) is 4.03. The Labute approximate surface area is 146 Å². The lowest BCUT2D eigenvalue weighted by Gasteiger charge is -2.27. The highest BCUT2D eigenvalue weighted by Gasteiger charge is 2.33. The summed E-state index contributed by atoms with van der Waals surface area (Å²) in [6.07, 6.45) is 0.485. The van der Waals surface area contributed by atoms with Gasteiger partial charge in [0.25, 0.3) is 5.89 Å². The number of nitrogens with zero attached hydrogens (tertiary/aromatic N) is 3. The molecule has 1 N–H and O–H groups in total. The summed E-state index contributed by atoms with van der Waals surface area (Å²) in [4.78, 5) is 18.2. The number of amides is 2. The zero-order valence-electron chi connectivity index (χ0n) is 14.1. The van der Waals surface area contributed by atoms with Crippen molar-refractivity contribution in [3.63, 3.8) is 0 Å². The van der Waals surface area contributed by atoms with E-state index in [2.05, 4.69) is 15.5 Å². The van der Waals surface area contributed by atoms with Gasteiger partial charge in [0.1, 0.15) is 0 Å². The van der Waals surface area contributed by atoms with Crippen LogP contribution < -0.4 is 5.32 Å². The van der Waals surface area contributed by atoms with Crippen LogP contribution in [0.2, 0.25) is 0 Å². The zero-order valence-corrected chi connectivity index (χ0v) is 14.9. The molecule has 134 valence electrons. The van der Waals surface area contributed by atoms with Crippen LogP contribution >= 0.6 is 0 Å². The van der Waals surface area contributed by atoms with E-state index in [4.69, 9.17) is 4.52 Å². The predicted molar refractivity (Wildman–Crippen MR) is 92.9 cm³/mol. The van der Waals surface area contributed by atoms with Crippen molar-refractivity contribution in [2.24, 2.45) is 0 Å². The fourth-order valence-electron chi connectivity index (χ4n) is 2.89. The molecule has 1 saturated heterocycles. The zero-order chi connectivity index (χ0) is 18.0. The maximum absolute atomic E-state index is 12.5. The molecule has 0 aliphatic carbocycles. The maximum Gasteiger partial charge on any atom is 0.322 e. The number of carbonyl (C=O) groups excluding carboxylic acids is 1. The molecule has 1 atom stereocenters. The van der Waals surface area contributed by atoms with E-state index in [1.165, 1.54) is 0 Å². The molecule has 1 aliphatic heterocycles. The van der Waals surface area contributed by atoms with Crippen molar-refractivity contribution in [1.29, 1.82) is 0 Å². The first-order chi connectivity index (χ1) is 11.9. The number of urea groups is 1. The van der Waals surface area contributed by atoms with Gasteiger partial charge in [-0.05, 0) is 44.5 Å². The number of benzene rings is 1. The molecule has 2 heterocycles. The average Bonchev–Trinajstić information content (AvgIpc) is 3.14. The molecule has 25 heavy (non-hydrogen) atoms. The molecule has 2 amide bonds. The highest BCUT2D eigenvalue weighted by Crippen LogP contribution is 2.21. The third-order valence-electron chi connectivity index (χ3n) is 4.16. The van der Waals surface area contributed by atoms with Crippen LogP contribution in [-0.2, 0) is 9.84 Å². The number of hydrogen-bond acceptors (Lipinski definition) is 6. The van der Waals surface area contributed by atoms with Gasteiger partial charge in [-0.2, -0.15) is 4.98 Å². The van der Waals surface area contributed by atoms with Crippen LogP contribution in [0.15, 0.2) is 28.8 Å². The molecule has 0 saturated carbocycles. The van der Waals surface area contributed by atoms with Gasteiger partial charge in [-0.1, -0.05) is 5.16 Å². The lowest BCUT2D eigenvalue weighted by atomic mass is 10.2. The van der Waals surface area contributed by atoms with Gasteiger partial charge in [0.15, 0.2) is 15.7 Å². The SMILES string of the molecule is CCN(C(=O)Nc1ccc(-c2nc(C)no2)cc1)[C@H]1CCS(=O)(=O)C1. The Balaban J connectivity index is 1.67. The monoisotopic (exact) mass is 364 g/mol. The van der Waals surface area contributed by atoms with Gasteiger partial charge < -0.3 is 14.7 Å². The van der Waals surface area contributed by atoms with Crippen LogP contribution in [0, 0.1) is 6.92 Å². The van der Waals surface area contributed by atoms with E-state index in [0.29, 0.717) is 30.4 Å². The van der Waals surface area contributed by atoms with Crippen molar-refractivity contribution in [2.45, 2.75) is 26.3 Å². The van der Waals surface area contributed by atoms with Gasteiger partial charge in [0.05, 0.1) is 11.5 Å². The molecule has 0 unspecified atom stereocenters. The predicted octanol–water partition coefficient (Wildman–Crippen LogP) is 2.09. The number of anilines is 1. The lowest BCUT2D eigenvalue weighted by Crippen LogP contribution is -2.43. The number of hydrogen-bond donors (Lipinski definition) is 1. The van der Waals surface area contributed by atoms with E-state index >= 15 is 0 Å². The van der Waals surface area contributed by atoms with E-state index in [1.54, 1.807) is 36.1 Å². The van der Waals surface area contributed by atoms with Gasteiger partial charge in [-0.25, -0.2) is 13.2 Å². The third kappa shape index (κ3) is 3.98. The maximum atomic E-state index is 12.5. The molecule has 3 rings (SSSR count). The van der Waals surface area contributed by atoms with Crippen LogP contribution in [0.5, 0.6) is 0 Å². The molecule has 0 radical (unpaired) electrons. The summed E-state index contributed by atoms with van der Waals surface area (Å²) in [7, 11) is -3.04. The molecule has 1 fully saturated rings. The molecule has 1 aliphatic rings. The molecule has 0 bridgehead atoms. The number of rotatable bonds is 4. The first-order valence-corrected chi connectivity index (χ1v) is 9.89. The smallest absolute Gasteiger partial charge is 0.322 e. The Morgan fingerprint density at radius 1 is 1.36 bits per heavy atom. The molecule has 8 nitrogen and oxygen atoms in total. The van der Waals surface area contributed by atoms with Crippen molar-refractivity contribution in [3.8, 4) is 11.5 Å². The van der Waals surface area contributed by atoms with E-state index in [1.807, 2.05) is 6.92 Å². The largest absolute Gasteiger partial charge is 0.334 e. The minimum Gasteiger partial charge on any atom is -0.334 e. The minimum atomic E-state index is -3.04. The van der Waals surface area contributed by atoms with Crippen molar-refractivity contribution < 1.29 is 17.7 Å². The first-order valence-electron chi connectivity index (χ1n) is 8.07. The fraction of sp³-hybridized carbons (Fsp3) is 0.438. The van der Waals surface area contributed by atoms with E-state index < -0.39 is 9.84 Å². The molecule has 2 aromatic rings. The topological polar surface area (TPSA) is 105 Å². The molecular weight excluding hydrogens is 344 g/mol. The van der Waals surface area contributed by atoms with Crippen LogP contribution in [-0.4, -0.2) is 53.6 Å². The third-order valence-corrected chi connectivity index (χ3v) is 5.91. The number of aryl methyl sites for hydroxylation is 1. The Hall–Kier alpha value is -2.42. The highest BCUT2D eigenvalue weighted by molar-refractivity contribution is 7.91. The van der Waals surface area contributed by atoms with Gasteiger partial charge in [0, 0.05) is 23.8 Å². The second kappa shape index (κ2) is 6.83. The Kier molecular flexibility index (Phi) is 4.76. The summed E-state index contributed by atoms with van der Waals surface area (Å²) < 4.78 is 28.4. The fourth-order valence-corrected chi connectivity index (χ4v) is 4.63. The summed E-state index contributed by atoms with van der Waals surface area (Å²) >= 11 is 0. The van der Waals surface area contributed by atoms with Crippen molar-refractivity contribution in [3.05, 3.63) is 30.1 Å². The standard InChI is InChI=1S/C16H20N4O4S/c1-3-20(14-8-9-25(22,23)10-14)16(21)18-13-6-4-12(5-7-13)15-17-11(2)19-24-15/h4-7,14H,3,8-10H2,1-2H3,(H,18,21)/t14-/m0/s1. The molecule has 1 aromatic carbocycles. The summed E-state index contributed by atoms with van der Waals surface area (Å²) in [5.41, 5.74) is 1.37. The van der Waals surface area contributed by atoms with Crippen molar-refractivity contribution in [2.75, 3.05) is 23.4 Å². The quantitative estimate of drug-likeness (QED) is 0.890. The summed E-state index contributed by atoms with van der Waals surface area (Å²) in [5.74, 6) is 1.14. The summed E-state index contributed by atoms with van der Waals surface area (Å²) in [6, 6.07) is 6.47. The normalized spacial score (nSPS) is 18.9. The molecular formula is C16H20N4O4S. The second-order valence-corrected chi connectivity index (χ2v) is 8.23. The Morgan fingerprint density at radius 2 is 2.08 bits per heavy atom. The van der Waals surface area contributed by atoms with Crippen LogP contribution in [0.1, 0.15) is 19.2 Å². The highest BCUT2D eigenvalue weighted by atomic mass is 32.2. The molecule has 0 spiro atoms.